The quantitative estimate of drug-likeness (QED) is 0.726. The molecule has 0 bridgehead atoms. The molecule has 0 unspecified atom stereocenters. The molecule has 0 radical (unpaired) electrons. The van der Waals surface area contributed by atoms with Gasteiger partial charge in [0.2, 0.25) is 0 Å². The summed E-state index contributed by atoms with van der Waals surface area (Å²) in [6, 6.07) is 4.33. The van der Waals surface area contributed by atoms with Gasteiger partial charge >= 0.3 is 5.97 Å². The number of carboxylic acids is 1. The second kappa shape index (κ2) is 3.90. The van der Waals surface area contributed by atoms with Crippen molar-refractivity contribution in [1.82, 2.24) is 0 Å². The molecule has 0 aliphatic heterocycles. The van der Waals surface area contributed by atoms with Crippen LogP contribution in [0.4, 0.5) is 5.69 Å². The van der Waals surface area contributed by atoms with E-state index >= 15 is 0 Å². The summed E-state index contributed by atoms with van der Waals surface area (Å²) in [5, 5.41) is 8.58. The zero-order valence-corrected chi connectivity index (χ0v) is 8.91. The van der Waals surface area contributed by atoms with Gasteiger partial charge < -0.3 is 10.8 Å². The fourth-order valence-electron chi connectivity index (χ4n) is 1.23. The van der Waals surface area contributed by atoms with E-state index in [1.807, 2.05) is 0 Å². The highest BCUT2D eigenvalue weighted by molar-refractivity contribution is 7.90. The van der Waals surface area contributed by atoms with E-state index in [4.69, 9.17) is 10.8 Å². The fraction of sp³-hybridized carbons (Fsp3) is 0.222. The normalized spacial score (nSPS) is 11.3. The predicted molar refractivity (Wildman–Crippen MR) is 55.3 cm³/mol. The van der Waals surface area contributed by atoms with Gasteiger partial charge in [-0.05, 0) is 11.6 Å². The first-order valence-corrected chi connectivity index (χ1v) is 6.00. The van der Waals surface area contributed by atoms with Crippen molar-refractivity contribution in [3.8, 4) is 0 Å². The van der Waals surface area contributed by atoms with E-state index in [1.54, 1.807) is 0 Å². The van der Waals surface area contributed by atoms with E-state index in [0.29, 0.717) is 5.56 Å². The summed E-state index contributed by atoms with van der Waals surface area (Å²) in [5.74, 6) is -1.05. The van der Waals surface area contributed by atoms with Gasteiger partial charge in [-0.1, -0.05) is 12.1 Å². The molecule has 0 aliphatic rings. The zero-order valence-electron chi connectivity index (χ0n) is 8.10. The summed E-state index contributed by atoms with van der Waals surface area (Å²) in [4.78, 5) is 10.5. The Balaban J connectivity index is 3.30. The van der Waals surface area contributed by atoms with Crippen LogP contribution >= 0.6 is 0 Å². The average molecular weight is 229 g/mol. The highest BCUT2D eigenvalue weighted by Gasteiger charge is 2.15. The molecule has 3 N–H and O–H groups in total. The van der Waals surface area contributed by atoms with Crippen molar-refractivity contribution in [2.24, 2.45) is 0 Å². The SMILES string of the molecule is CS(=O)(=O)c1cccc(CC(=O)O)c1N. The van der Waals surface area contributed by atoms with Gasteiger partial charge in [-0.15, -0.1) is 0 Å². The van der Waals surface area contributed by atoms with Crippen molar-refractivity contribution in [1.29, 1.82) is 0 Å². The Kier molecular flexibility index (Phi) is 2.99. The van der Waals surface area contributed by atoms with Crippen LogP contribution in [0.3, 0.4) is 0 Å². The summed E-state index contributed by atoms with van der Waals surface area (Å²) < 4.78 is 22.5. The molecule has 0 heterocycles. The molecule has 6 heteroatoms. The molecule has 1 rings (SSSR count). The second-order valence-corrected chi connectivity index (χ2v) is 5.16. The van der Waals surface area contributed by atoms with Crippen molar-refractivity contribution >= 4 is 21.5 Å². The van der Waals surface area contributed by atoms with Crippen molar-refractivity contribution < 1.29 is 18.3 Å². The Labute approximate surface area is 87.4 Å². The predicted octanol–water partition coefficient (Wildman–Crippen LogP) is 0.299. The molecule has 15 heavy (non-hydrogen) atoms. The standard InChI is InChI=1S/C9H11NO4S/c1-15(13,14)7-4-2-3-6(9(7)10)5-8(11)12/h2-4H,5,10H2,1H3,(H,11,12). The molecule has 0 aromatic heterocycles. The molecule has 5 nitrogen and oxygen atoms in total. The Morgan fingerprint density at radius 3 is 2.53 bits per heavy atom. The Morgan fingerprint density at radius 1 is 1.47 bits per heavy atom. The van der Waals surface area contributed by atoms with Crippen LogP contribution in [0.25, 0.3) is 0 Å². The van der Waals surface area contributed by atoms with Gasteiger partial charge in [0, 0.05) is 6.26 Å². The number of carbonyl (C=O) groups is 1. The molecule has 1 aromatic rings. The van der Waals surface area contributed by atoms with Gasteiger partial charge in [0.1, 0.15) is 0 Å². The largest absolute Gasteiger partial charge is 0.481 e. The lowest BCUT2D eigenvalue weighted by atomic mass is 10.1. The fourth-order valence-corrected chi connectivity index (χ4v) is 2.09. The average Bonchev–Trinajstić information content (AvgIpc) is 2.05. The maximum Gasteiger partial charge on any atom is 0.307 e. The van der Waals surface area contributed by atoms with E-state index in [2.05, 4.69) is 0 Å². The van der Waals surface area contributed by atoms with Crippen molar-refractivity contribution in [2.75, 3.05) is 12.0 Å². The Hall–Kier alpha value is -1.56. The monoisotopic (exact) mass is 229 g/mol. The number of rotatable bonds is 3. The Morgan fingerprint density at radius 2 is 2.07 bits per heavy atom. The van der Waals surface area contributed by atoms with Crippen molar-refractivity contribution in [3.63, 3.8) is 0 Å². The summed E-state index contributed by atoms with van der Waals surface area (Å²) >= 11 is 0. The number of benzene rings is 1. The molecule has 0 saturated heterocycles. The number of sulfone groups is 1. The molecule has 1 aromatic carbocycles. The lowest BCUT2D eigenvalue weighted by Crippen LogP contribution is -2.08. The Bertz CT molecular complexity index is 493. The number of hydrogen-bond donors (Lipinski definition) is 2. The third-order valence-electron chi connectivity index (χ3n) is 1.90. The molecule has 0 aliphatic carbocycles. The molecule has 82 valence electrons. The van der Waals surface area contributed by atoms with E-state index in [9.17, 15) is 13.2 Å². The maximum atomic E-state index is 11.3. The first-order chi connectivity index (χ1) is 6.82. The minimum absolute atomic E-state index is 0.0161. The van der Waals surface area contributed by atoms with Gasteiger partial charge in [0.05, 0.1) is 17.0 Å². The van der Waals surface area contributed by atoms with Crippen molar-refractivity contribution in [3.05, 3.63) is 23.8 Å². The van der Waals surface area contributed by atoms with Crippen LogP contribution in [-0.4, -0.2) is 25.7 Å². The number of hydrogen-bond acceptors (Lipinski definition) is 4. The molecule has 0 amide bonds. The van der Waals surface area contributed by atoms with E-state index in [0.717, 1.165) is 6.26 Å². The van der Waals surface area contributed by atoms with E-state index in [-0.39, 0.29) is 17.0 Å². The van der Waals surface area contributed by atoms with Crippen LogP contribution in [0.2, 0.25) is 0 Å². The zero-order chi connectivity index (χ0) is 11.6. The third kappa shape index (κ3) is 2.69. The molecule has 0 atom stereocenters. The summed E-state index contributed by atoms with van der Waals surface area (Å²) in [5.41, 5.74) is 5.90. The van der Waals surface area contributed by atoms with E-state index < -0.39 is 15.8 Å². The number of carboxylic acid groups (broad SMARTS) is 1. The minimum atomic E-state index is -3.41. The summed E-state index contributed by atoms with van der Waals surface area (Å²) in [6.45, 7) is 0. The number of nitrogens with two attached hydrogens (primary N) is 1. The van der Waals surface area contributed by atoms with Gasteiger partial charge in [-0.3, -0.25) is 4.79 Å². The topological polar surface area (TPSA) is 97.5 Å². The van der Waals surface area contributed by atoms with Crippen LogP contribution < -0.4 is 5.73 Å². The van der Waals surface area contributed by atoms with Crippen molar-refractivity contribution in [2.45, 2.75) is 11.3 Å². The van der Waals surface area contributed by atoms with Gasteiger partial charge in [-0.25, -0.2) is 8.42 Å². The van der Waals surface area contributed by atoms with Crippen LogP contribution in [0.1, 0.15) is 5.56 Å². The van der Waals surface area contributed by atoms with Gasteiger partial charge in [0.25, 0.3) is 0 Å². The molecular formula is C9H11NO4S. The van der Waals surface area contributed by atoms with Crippen LogP contribution in [-0.2, 0) is 21.1 Å². The van der Waals surface area contributed by atoms with E-state index in [1.165, 1.54) is 18.2 Å². The smallest absolute Gasteiger partial charge is 0.307 e. The highest BCUT2D eigenvalue weighted by Crippen LogP contribution is 2.22. The number of aliphatic carboxylic acids is 1. The highest BCUT2D eigenvalue weighted by atomic mass is 32.2. The lowest BCUT2D eigenvalue weighted by molar-refractivity contribution is -0.136. The summed E-state index contributed by atoms with van der Waals surface area (Å²) in [6.07, 6.45) is 0.748. The first kappa shape index (κ1) is 11.5. The molecular weight excluding hydrogens is 218 g/mol. The summed E-state index contributed by atoms with van der Waals surface area (Å²) in [7, 11) is -3.41. The minimum Gasteiger partial charge on any atom is -0.481 e. The third-order valence-corrected chi connectivity index (χ3v) is 3.05. The number of para-hydroxylation sites is 1. The van der Waals surface area contributed by atoms with Crippen LogP contribution in [0.5, 0.6) is 0 Å². The van der Waals surface area contributed by atoms with Crippen LogP contribution in [0, 0.1) is 0 Å². The lowest BCUT2D eigenvalue weighted by Gasteiger charge is -2.07. The molecule has 0 fully saturated rings. The first-order valence-electron chi connectivity index (χ1n) is 4.11. The molecule has 0 spiro atoms. The van der Waals surface area contributed by atoms with Gasteiger partial charge in [-0.2, -0.15) is 0 Å². The number of nitrogen functional groups attached to an aromatic ring is 1. The van der Waals surface area contributed by atoms with Crippen LogP contribution in [0.15, 0.2) is 23.1 Å². The maximum absolute atomic E-state index is 11.3. The van der Waals surface area contributed by atoms with Gasteiger partial charge in [0.15, 0.2) is 9.84 Å². The second-order valence-electron chi connectivity index (χ2n) is 3.17. The molecule has 0 saturated carbocycles. The number of anilines is 1.